The second-order valence-electron chi connectivity index (χ2n) is 8.15. The first-order valence-electron chi connectivity index (χ1n) is 10.9. The van der Waals surface area contributed by atoms with E-state index >= 15 is 0 Å². The third-order valence-electron chi connectivity index (χ3n) is 5.94. The Bertz CT molecular complexity index is 875. The maximum atomic E-state index is 12.6. The minimum atomic E-state index is -0.0946. The topological polar surface area (TPSA) is 64.7 Å². The number of carbonyl (C=O) groups is 2. The predicted molar refractivity (Wildman–Crippen MR) is 120 cm³/mol. The van der Waals surface area contributed by atoms with Gasteiger partial charge in [0, 0.05) is 37.4 Å². The van der Waals surface area contributed by atoms with Crippen molar-refractivity contribution < 1.29 is 9.59 Å². The fourth-order valence-corrected chi connectivity index (χ4v) is 4.17. The summed E-state index contributed by atoms with van der Waals surface area (Å²) >= 11 is 0. The summed E-state index contributed by atoms with van der Waals surface area (Å²) in [7, 11) is 0. The van der Waals surface area contributed by atoms with E-state index in [1.807, 2.05) is 41.3 Å². The molecule has 0 atom stereocenters. The molecule has 2 aliphatic rings. The largest absolute Gasteiger partial charge is 0.326 e. The number of amides is 3. The summed E-state index contributed by atoms with van der Waals surface area (Å²) in [5.74, 6) is 0.0318. The molecular weight excluding hydrogens is 376 g/mol. The number of anilines is 2. The molecule has 2 heterocycles. The van der Waals surface area contributed by atoms with E-state index in [0.29, 0.717) is 19.5 Å². The van der Waals surface area contributed by atoms with Crippen LogP contribution in [0.15, 0.2) is 48.5 Å². The predicted octanol–water partition coefficient (Wildman–Crippen LogP) is 4.09. The molecule has 0 radical (unpaired) electrons. The SMILES string of the molecule is O=C(CCN1CCCCC1)Nc1ccc(NC(=O)N2CCc3ccccc3C2)cc1. The van der Waals surface area contributed by atoms with Crippen molar-refractivity contribution in [1.82, 2.24) is 9.80 Å². The van der Waals surface area contributed by atoms with Crippen LogP contribution in [0.4, 0.5) is 16.2 Å². The number of nitrogens with zero attached hydrogens (tertiary/aromatic N) is 2. The smallest absolute Gasteiger partial charge is 0.322 e. The Morgan fingerprint density at radius 2 is 1.47 bits per heavy atom. The van der Waals surface area contributed by atoms with Crippen LogP contribution in [0.25, 0.3) is 0 Å². The molecule has 1 fully saturated rings. The Labute approximate surface area is 178 Å². The van der Waals surface area contributed by atoms with Gasteiger partial charge in [0.25, 0.3) is 0 Å². The van der Waals surface area contributed by atoms with Crippen molar-refractivity contribution in [2.45, 2.75) is 38.6 Å². The Morgan fingerprint density at radius 1 is 0.800 bits per heavy atom. The van der Waals surface area contributed by atoms with E-state index in [1.165, 1.54) is 30.4 Å². The van der Waals surface area contributed by atoms with Gasteiger partial charge in [-0.05, 0) is 67.7 Å². The van der Waals surface area contributed by atoms with Crippen LogP contribution in [-0.4, -0.2) is 47.9 Å². The van der Waals surface area contributed by atoms with Gasteiger partial charge in [-0.25, -0.2) is 4.79 Å². The second-order valence-corrected chi connectivity index (χ2v) is 8.15. The first-order valence-corrected chi connectivity index (χ1v) is 10.9. The fourth-order valence-electron chi connectivity index (χ4n) is 4.17. The van der Waals surface area contributed by atoms with Crippen molar-refractivity contribution in [3.8, 4) is 0 Å². The Kier molecular flexibility index (Phi) is 6.64. The van der Waals surface area contributed by atoms with E-state index in [9.17, 15) is 9.59 Å². The molecule has 2 N–H and O–H groups in total. The fraction of sp³-hybridized carbons (Fsp3) is 0.417. The average Bonchev–Trinajstić information content (AvgIpc) is 2.79. The molecule has 2 aromatic carbocycles. The Balaban J connectivity index is 1.24. The molecule has 6 heteroatoms. The number of nitrogens with one attached hydrogen (secondary N) is 2. The van der Waals surface area contributed by atoms with Gasteiger partial charge in [-0.1, -0.05) is 30.7 Å². The molecule has 2 aromatic rings. The summed E-state index contributed by atoms with van der Waals surface area (Å²) in [6, 6.07) is 15.5. The van der Waals surface area contributed by atoms with E-state index in [4.69, 9.17) is 0 Å². The summed E-state index contributed by atoms with van der Waals surface area (Å²) in [5.41, 5.74) is 4.01. The standard InChI is InChI=1S/C24H30N4O2/c29-23(13-16-27-14-4-1-5-15-27)25-21-8-10-22(11-9-21)26-24(30)28-17-12-19-6-2-3-7-20(19)18-28/h2-3,6-11H,1,4-5,12-18H2,(H,25,29)(H,26,30). The van der Waals surface area contributed by atoms with Gasteiger partial charge in [-0.3, -0.25) is 4.79 Å². The summed E-state index contributed by atoms with van der Waals surface area (Å²) in [6.45, 7) is 4.37. The lowest BCUT2D eigenvalue weighted by molar-refractivity contribution is -0.116. The Hall–Kier alpha value is -2.86. The zero-order valence-electron chi connectivity index (χ0n) is 17.4. The van der Waals surface area contributed by atoms with Crippen LogP contribution in [0.1, 0.15) is 36.8 Å². The zero-order chi connectivity index (χ0) is 20.8. The van der Waals surface area contributed by atoms with Gasteiger partial charge < -0.3 is 20.4 Å². The van der Waals surface area contributed by atoms with Crippen molar-refractivity contribution in [2.24, 2.45) is 0 Å². The molecule has 30 heavy (non-hydrogen) atoms. The highest BCUT2D eigenvalue weighted by Crippen LogP contribution is 2.20. The Morgan fingerprint density at radius 3 is 2.20 bits per heavy atom. The van der Waals surface area contributed by atoms with E-state index in [-0.39, 0.29) is 11.9 Å². The van der Waals surface area contributed by atoms with Gasteiger partial charge in [0.1, 0.15) is 0 Å². The van der Waals surface area contributed by atoms with Gasteiger partial charge >= 0.3 is 6.03 Å². The van der Waals surface area contributed by atoms with Gasteiger partial charge in [-0.15, -0.1) is 0 Å². The van der Waals surface area contributed by atoms with Gasteiger partial charge in [0.2, 0.25) is 5.91 Å². The molecule has 4 rings (SSSR count). The lowest BCUT2D eigenvalue weighted by Gasteiger charge is -2.29. The van der Waals surface area contributed by atoms with Crippen LogP contribution in [-0.2, 0) is 17.8 Å². The molecule has 0 aromatic heterocycles. The van der Waals surface area contributed by atoms with E-state index < -0.39 is 0 Å². The molecule has 0 aliphatic carbocycles. The number of piperidine rings is 1. The zero-order valence-corrected chi connectivity index (χ0v) is 17.4. The quantitative estimate of drug-likeness (QED) is 0.786. The van der Waals surface area contributed by atoms with Crippen molar-refractivity contribution >= 4 is 23.3 Å². The molecule has 0 bridgehead atoms. The molecule has 0 spiro atoms. The van der Waals surface area contributed by atoms with Crippen LogP contribution in [0, 0.1) is 0 Å². The van der Waals surface area contributed by atoms with Crippen LogP contribution in [0.3, 0.4) is 0 Å². The molecule has 158 valence electrons. The molecule has 6 nitrogen and oxygen atoms in total. The van der Waals surface area contributed by atoms with Gasteiger partial charge in [0.15, 0.2) is 0 Å². The average molecular weight is 407 g/mol. The third-order valence-corrected chi connectivity index (χ3v) is 5.94. The second kappa shape index (κ2) is 9.76. The molecule has 0 unspecified atom stereocenters. The van der Waals surface area contributed by atoms with Crippen molar-refractivity contribution in [3.63, 3.8) is 0 Å². The summed E-state index contributed by atoms with van der Waals surface area (Å²) in [4.78, 5) is 29.0. The molecule has 2 aliphatic heterocycles. The maximum Gasteiger partial charge on any atom is 0.322 e. The monoisotopic (exact) mass is 406 g/mol. The van der Waals surface area contributed by atoms with E-state index in [0.717, 1.165) is 37.4 Å². The van der Waals surface area contributed by atoms with E-state index in [1.54, 1.807) is 0 Å². The first-order chi connectivity index (χ1) is 14.7. The summed E-state index contributed by atoms with van der Waals surface area (Å²) < 4.78 is 0. The van der Waals surface area contributed by atoms with Gasteiger partial charge in [-0.2, -0.15) is 0 Å². The van der Waals surface area contributed by atoms with Crippen molar-refractivity contribution in [3.05, 3.63) is 59.7 Å². The highest BCUT2D eigenvalue weighted by Gasteiger charge is 2.20. The lowest BCUT2D eigenvalue weighted by Crippen LogP contribution is -2.38. The normalized spacial score (nSPS) is 16.6. The number of carbonyl (C=O) groups excluding carboxylic acids is 2. The highest BCUT2D eigenvalue weighted by atomic mass is 16.2. The number of fused-ring (bicyclic) bond motifs is 1. The first kappa shape index (κ1) is 20.4. The minimum absolute atomic E-state index is 0.0318. The van der Waals surface area contributed by atoms with Crippen LogP contribution < -0.4 is 10.6 Å². The van der Waals surface area contributed by atoms with Crippen molar-refractivity contribution in [2.75, 3.05) is 36.8 Å². The number of benzene rings is 2. The number of hydrogen-bond donors (Lipinski definition) is 2. The lowest BCUT2D eigenvalue weighted by atomic mass is 10.0. The maximum absolute atomic E-state index is 12.6. The number of likely N-dealkylation sites (tertiary alicyclic amines) is 1. The minimum Gasteiger partial charge on any atom is -0.326 e. The number of hydrogen-bond acceptors (Lipinski definition) is 3. The third kappa shape index (κ3) is 5.39. The number of rotatable bonds is 5. The molecular formula is C24H30N4O2. The highest BCUT2D eigenvalue weighted by molar-refractivity contribution is 5.92. The van der Waals surface area contributed by atoms with Crippen LogP contribution in [0.5, 0.6) is 0 Å². The molecule has 0 saturated carbocycles. The van der Waals surface area contributed by atoms with Crippen LogP contribution in [0.2, 0.25) is 0 Å². The summed E-state index contributed by atoms with van der Waals surface area (Å²) in [6.07, 6.45) is 5.16. The van der Waals surface area contributed by atoms with Crippen molar-refractivity contribution in [1.29, 1.82) is 0 Å². The van der Waals surface area contributed by atoms with E-state index in [2.05, 4.69) is 27.7 Å². The summed E-state index contributed by atoms with van der Waals surface area (Å²) in [5, 5.41) is 5.91. The molecule has 1 saturated heterocycles. The molecule has 3 amide bonds. The van der Waals surface area contributed by atoms with Gasteiger partial charge in [0.05, 0.1) is 0 Å². The van der Waals surface area contributed by atoms with Crippen LogP contribution >= 0.6 is 0 Å². The number of urea groups is 1.